The van der Waals surface area contributed by atoms with Gasteiger partial charge in [0.05, 0.1) is 5.69 Å². The van der Waals surface area contributed by atoms with E-state index in [9.17, 15) is 9.90 Å². The number of nitrogens with one attached hydrogen (secondary N) is 1. The lowest BCUT2D eigenvalue weighted by molar-refractivity contribution is 0.0799. The fraction of sp³-hybridized carbons (Fsp3) is 0.458. The number of hydrogen-bond donors (Lipinski definition) is 2. The number of aromatic hydroxyl groups is 1. The van der Waals surface area contributed by atoms with Crippen molar-refractivity contribution in [1.82, 2.24) is 20.4 Å². The molecule has 0 spiro atoms. The van der Waals surface area contributed by atoms with Crippen molar-refractivity contribution in [2.24, 2.45) is 0 Å². The van der Waals surface area contributed by atoms with Gasteiger partial charge in [0.2, 0.25) is 0 Å². The second kappa shape index (κ2) is 8.09. The molecule has 1 amide bonds. The quantitative estimate of drug-likeness (QED) is 0.648. The van der Waals surface area contributed by atoms with Gasteiger partial charge < -0.3 is 24.6 Å². The molecule has 5 rings (SSSR count). The van der Waals surface area contributed by atoms with Crippen molar-refractivity contribution in [3.05, 3.63) is 36.1 Å². The highest BCUT2D eigenvalue weighted by molar-refractivity contribution is 5.97. The number of piperidine rings is 2. The first-order valence-corrected chi connectivity index (χ1v) is 11.2. The molecule has 3 aromatic rings. The van der Waals surface area contributed by atoms with E-state index in [1.54, 1.807) is 32.3 Å². The number of carbonyl (C=O) groups is 1. The molecule has 2 bridgehead atoms. The van der Waals surface area contributed by atoms with E-state index in [1.165, 1.54) is 24.2 Å². The van der Waals surface area contributed by atoms with E-state index in [0.29, 0.717) is 40.4 Å². The summed E-state index contributed by atoms with van der Waals surface area (Å²) in [5.74, 6) is 0.910. The van der Waals surface area contributed by atoms with Crippen molar-refractivity contribution in [2.75, 3.05) is 26.0 Å². The van der Waals surface area contributed by atoms with Crippen molar-refractivity contribution in [2.45, 2.75) is 50.2 Å². The van der Waals surface area contributed by atoms with E-state index >= 15 is 0 Å². The number of rotatable bonds is 4. The van der Waals surface area contributed by atoms with Gasteiger partial charge in [-0.25, -0.2) is 0 Å². The number of aromatic nitrogens is 2. The number of nitrogens with zero attached hydrogens (tertiary/aromatic N) is 4. The van der Waals surface area contributed by atoms with Crippen LogP contribution in [0.15, 0.2) is 34.7 Å². The number of benzene rings is 1. The zero-order chi connectivity index (χ0) is 22.4. The lowest BCUT2D eigenvalue weighted by Gasteiger charge is -2.43. The Morgan fingerprint density at radius 2 is 1.84 bits per heavy atom. The Balaban J connectivity index is 1.38. The van der Waals surface area contributed by atoms with Gasteiger partial charge in [0.1, 0.15) is 11.3 Å². The summed E-state index contributed by atoms with van der Waals surface area (Å²) < 4.78 is 5.72. The molecule has 0 saturated carbocycles. The van der Waals surface area contributed by atoms with Crippen LogP contribution in [0, 0.1) is 0 Å². The number of hydrogen-bond acceptors (Lipinski definition) is 7. The summed E-state index contributed by atoms with van der Waals surface area (Å²) in [5, 5.41) is 23.8. The van der Waals surface area contributed by atoms with Crippen molar-refractivity contribution in [1.29, 1.82) is 0 Å². The molecule has 3 atom stereocenters. The van der Waals surface area contributed by atoms with Crippen LogP contribution in [0.3, 0.4) is 0 Å². The monoisotopic (exact) mass is 435 g/mol. The fourth-order valence-corrected chi connectivity index (χ4v) is 5.00. The van der Waals surface area contributed by atoms with Crippen LogP contribution in [-0.4, -0.2) is 65.4 Å². The van der Waals surface area contributed by atoms with Gasteiger partial charge in [-0.05, 0) is 56.0 Å². The predicted molar refractivity (Wildman–Crippen MR) is 123 cm³/mol. The zero-order valence-electron chi connectivity index (χ0n) is 18.7. The number of furan rings is 1. The molecule has 2 aliphatic heterocycles. The van der Waals surface area contributed by atoms with Gasteiger partial charge in [-0.1, -0.05) is 6.42 Å². The van der Waals surface area contributed by atoms with Gasteiger partial charge in [-0.2, -0.15) is 0 Å². The molecular weight excluding hydrogens is 406 g/mol. The standard InChI is InChI=1S/C24H29N5O3/c1-28(2)24(31)22-10-14-9-20(30)18(13-21(14)32-22)19-7-8-23(27-26-19)29(3)17-11-15-5-4-6-16(12-17)25-15/h7-10,13,15-17,25,30H,4-6,11-12H2,1-3H3/t15-,16+,17?. The molecule has 1 unspecified atom stereocenters. The molecule has 2 aromatic heterocycles. The number of amides is 1. The number of phenolic OH excluding ortho intramolecular Hbond substituents is 1. The van der Waals surface area contributed by atoms with Crippen LogP contribution in [0.2, 0.25) is 0 Å². The predicted octanol–water partition coefficient (Wildman–Crippen LogP) is 3.41. The first-order valence-electron chi connectivity index (χ1n) is 11.2. The average Bonchev–Trinajstić information content (AvgIpc) is 3.20. The Morgan fingerprint density at radius 3 is 2.50 bits per heavy atom. The van der Waals surface area contributed by atoms with Crippen LogP contribution in [0.4, 0.5) is 5.82 Å². The Hall–Kier alpha value is -3.13. The van der Waals surface area contributed by atoms with Gasteiger partial charge in [0, 0.05) is 50.2 Å². The summed E-state index contributed by atoms with van der Waals surface area (Å²) in [5.41, 5.74) is 1.60. The first kappa shape index (κ1) is 20.8. The summed E-state index contributed by atoms with van der Waals surface area (Å²) in [6, 6.07) is 10.4. The molecule has 1 aromatic carbocycles. The molecule has 0 radical (unpaired) electrons. The molecule has 2 N–H and O–H groups in total. The average molecular weight is 436 g/mol. The lowest BCUT2D eigenvalue weighted by Crippen LogP contribution is -2.54. The molecule has 168 valence electrons. The molecule has 4 heterocycles. The third kappa shape index (κ3) is 3.79. The maximum absolute atomic E-state index is 12.2. The summed E-state index contributed by atoms with van der Waals surface area (Å²) in [6.07, 6.45) is 6.08. The van der Waals surface area contributed by atoms with Crippen LogP contribution in [0.5, 0.6) is 5.75 Å². The second-order valence-corrected chi connectivity index (χ2v) is 9.22. The Bertz CT molecular complexity index is 1130. The molecule has 8 heteroatoms. The third-order valence-corrected chi connectivity index (χ3v) is 6.78. The van der Waals surface area contributed by atoms with Crippen molar-refractivity contribution < 1.29 is 14.3 Å². The van der Waals surface area contributed by atoms with Gasteiger partial charge in [0.15, 0.2) is 11.6 Å². The zero-order valence-corrected chi connectivity index (χ0v) is 18.7. The number of anilines is 1. The van der Waals surface area contributed by atoms with Crippen LogP contribution in [0.1, 0.15) is 42.7 Å². The van der Waals surface area contributed by atoms with E-state index in [4.69, 9.17) is 4.42 Å². The number of phenols is 1. The number of carbonyl (C=O) groups excluding carboxylic acids is 1. The SMILES string of the molecule is CN(C)C(=O)c1cc2cc(O)c(-c3ccc(N(C)C4C[C@H]5CCC[C@@H](C4)N5)nn3)cc2o1. The molecule has 2 aliphatic rings. The van der Waals surface area contributed by atoms with Crippen molar-refractivity contribution >= 4 is 22.7 Å². The number of fused-ring (bicyclic) bond motifs is 3. The van der Waals surface area contributed by atoms with Crippen LogP contribution in [0.25, 0.3) is 22.2 Å². The molecular formula is C24H29N5O3. The lowest BCUT2D eigenvalue weighted by atomic mass is 9.83. The molecule has 0 aliphatic carbocycles. The van der Waals surface area contributed by atoms with E-state index in [2.05, 4.69) is 27.5 Å². The van der Waals surface area contributed by atoms with E-state index in [-0.39, 0.29) is 17.4 Å². The Morgan fingerprint density at radius 1 is 1.09 bits per heavy atom. The Labute approximate surface area is 187 Å². The maximum atomic E-state index is 12.2. The van der Waals surface area contributed by atoms with Crippen LogP contribution >= 0.6 is 0 Å². The molecule has 32 heavy (non-hydrogen) atoms. The Kier molecular flexibility index (Phi) is 5.25. The van der Waals surface area contributed by atoms with Gasteiger partial charge in [-0.3, -0.25) is 4.79 Å². The highest BCUT2D eigenvalue weighted by atomic mass is 16.3. The fourth-order valence-electron chi connectivity index (χ4n) is 5.00. The molecule has 2 fully saturated rings. The van der Waals surface area contributed by atoms with Crippen molar-refractivity contribution in [3.63, 3.8) is 0 Å². The molecule has 2 saturated heterocycles. The van der Waals surface area contributed by atoms with E-state index < -0.39 is 0 Å². The second-order valence-electron chi connectivity index (χ2n) is 9.22. The topological polar surface area (TPSA) is 94.7 Å². The highest BCUT2D eigenvalue weighted by Crippen LogP contribution is 2.35. The van der Waals surface area contributed by atoms with Crippen LogP contribution in [-0.2, 0) is 0 Å². The summed E-state index contributed by atoms with van der Waals surface area (Å²) >= 11 is 0. The highest BCUT2D eigenvalue weighted by Gasteiger charge is 2.33. The van der Waals surface area contributed by atoms with E-state index in [1.807, 2.05) is 12.1 Å². The molecule has 8 nitrogen and oxygen atoms in total. The van der Waals surface area contributed by atoms with Gasteiger partial charge >= 0.3 is 0 Å². The maximum Gasteiger partial charge on any atom is 0.289 e. The minimum atomic E-state index is -0.225. The largest absolute Gasteiger partial charge is 0.507 e. The minimum Gasteiger partial charge on any atom is -0.507 e. The van der Waals surface area contributed by atoms with Crippen LogP contribution < -0.4 is 10.2 Å². The summed E-state index contributed by atoms with van der Waals surface area (Å²) in [6.45, 7) is 0. The minimum absolute atomic E-state index is 0.0729. The third-order valence-electron chi connectivity index (χ3n) is 6.78. The van der Waals surface area contributed by atoms with Crippen molar-refractivity contribution in [3.8, 4) is 17.0 Å². The van der Waals surface area contributed by atoms with Gasteiger partial charge in [-0.15, -0.1) is 10.2 Å². The first-order chi connectivity index (χ1) is 15.4. The smallest absolute Gasteiger partial charge is 0.289 e. The summed E-state index contributed by atoms with van der Waals surface area (Å²) in [4.78, 5) is 15.9. The van der Waals surface area contributed by atoms with Gasteiger partial charge in [0.25, 0.3) is 5.91 Å². The normalized spacial score (nSPS) is 22.7. The summed E-state index contributed by atoms with van der Waals surface area (Å²) in [7, 11) is 5.43. The van der Waals surface area contributed by atoms with E-state index in [0.717, 1.165) is 18.7 Å².